The average Bonchev–Trinajstić information content (AvgIpc) is 2.87. The number of fused-ring (bicyclic) bond motifs is 1. The van der Waals surface area contributed by atoms with E-state index >= 15 is 0 Å². The molecular formula is C13H12N4O3S. The molecule has 2 aromatic rings. The maximum Gasteiger partial charge on any atom is 0.298 e. The van der Waals surface area contributed by atoms with Crippen LogP contribution < -0.4 is 0 Å². The Hall–Kier alpha value is -2.40. The van der Waals surface area contributed by atoms with Crippen molar-refractivity contribution in [2.45, 2.75) is 26.7 Å². The number of carbonyl (C=O) groups excluding carboxylic acids is 1. The molecule has 0 spiro atoms. The number of non-ortho nitro benzene ring substituents is 1. The van der Waals surface area contributed by atoms with Crippen molar-refractivity contribution >= 4 is 34.2 Å². The summed E-state index contributed by atoms with van der Waals surface area (Å²) in [7, 11) is 0. The van der Waals surface area contributed by atoms with E-state index in [1.807, 2.05) is 6.07 Å². The summed E-state index contributed by atoms with van der Waals surface area (Å²) in [6, 6.07) is 4.65. The van der Waals surface area contributed by atoms with E-state index < -0.39 is 16.3 Å². The van der Waals surface area contributed by atoms with E-state index in [1.54, 1.807) is 20.8 Å². The summed E-state index contributed by atoms with van der Waals surface area (Å²) >= 11 is 0.821. The molecule has 0 aliphatic heterocycles. The molecule has 7 nitrogen and oxygen atoms in total. The van der Waals surface area contributed by atoms with Crippen LogP contribution in [0.25, 0.3) is 11.0 Å². The van der Waals surface area contributed by atoms with E-state index in [2.05, 4.69) is 8.75 Å². The molecule has 0 N–H and O–H groups in total. The lowest BCUT2D eigenvalue weighted by molar-refractivity contribution is -0.383. The van der Waals surface area contributed by atoms with E-state index in [-0.39, 0.29) is 22.5 Å². The quantitative estimate of drug-likeness (QED) is 0.637. The van der Waals surface area contributed by atoms with Crippen LogP contribution in [-0.4, -0.2) is 19.5 Å². The first kappa shape index (κ1) is 15.0. The largest absolute Gasteiger partial charge is 0.298 e. The lowest BCUT2D eigenvalue weighted by atomic mass is 9.80. The van der Waals surface area contributed by atoms with Crippen molar-refractivity contribution in [3.8, 4) is 6.07 Å². The number of rotatable bonds is 3. The number of carbonyl (C=O) groups is 1. The molecule has 2 rings (SSSR count). The standard InChI is InChI=1S/C13H12N4O3S/c1-13(2,3)12(18)8(6-14)7-4-5-9(17(19)20)11-10(7)15-21-16-11/h4-5,8H,1-3H3. The molecule has 0 aliphatic rings. The maximum atomic E-state index is 12.4. The molecule has 21 heavy (non-hydrogen) atoms. The van der Waals surface area contributed by atoms with E-state index in [0.29, 0.717) is 5.56 Å². The normalized spacial score (nSPS) is 12.9. The van der Waals surface area contributed by atoms with Gasteiger partial charge in [-0.3, -0.25) is 14.9 Å². The van der Waals surface area contributed by atoms with Gasteiger partial charge in [-0.05, 0) is 6.07 Å². The van der Waals surface area contributed by atoms with Crippen LogP contribution in [0, 0.1) is 26.9 Å². The van der Waals surface area contributed by atoms with Crippen LogP contribution in [0.2, 0.25) is 0 Å². The number of nitrogens with zero attached hydrogens (tertiary/aromatic N) is 4. The second-order valence-electron chi connectivity index (χ2n) is 5.57. The van der Waals surface area contributed by atoms with Crippen molar-refractivity contribution in [2.24, 2.45) is 5.41 Å². The van der Waals surface area contributed by atoms with Crippen molar-refractivity contribution < 1.29 is 9.72 Å². The Morgan fingerprint density at radius 1 is 1.38 bits per heavy atom. The van der Waals surface area contributed by atoms with Crippen molar-refractivity contribution in [1.29, 1.82) is 5.26 Å². The summed E-state index contributed by atoms with van der Waals surface area (Å²) in [5.41, 5.74) is -0.144. The first-order valence-corrected chi connectivity index (χ1v) is 6.84. The van der Waals surface area contributed by atoms with E-state index in [0.717, 1.165) is 11.7 Å². The molecule has 1 aromatic carbocycles. The van der Waals surface area contributed by atoms with Gasteiger partial charge in [-0.25, -0.2) is 0 Å². The molecule has 0 saturated heterocycles. The Morgan fingerprint density at radius 3 is 2.52 bits per heavy atom. The predicted molar refractivity (Wildman–Crippen MR) is 76.9 cm³/mol. The SMILES string of the molecule is CC(C)(C)C(=O)C(C#N)c1ccc([N+](=O)[O-])c2nsnc12. The minimum Gasteiger partial charge on any atom is -0.297 e. The molecule has 0 saturated carbocycles. The van der Waals surface area contributed by atoms with E-state index in [4.69, 9.17) is 0 Å². The Morgan fingerprint density at radius 2 is 2.00 bits per heavy atom. The fraction of sp³-hybridized carbons (Fsp3) is 0.385. The number of nitriles is 1. The highest BCUT2D eigenvalue weighted by Crippen LogP contribution is 2.34. The number of aromatic nitrogens is 2. The number of Topliss-reactive ketones (excluding diaryl/α,β-unsaturated/α-hetero) is 1. The fourth-order valence-corrected chi connectivity index (χ4v) is 2.53. The van der Waals surface area contributed by atoms with Gasteiger partial charge in [0.2, 0.25) is 0 Å². The molecule has 0 amide bonds. The maximum absolute atomic E-state index is 12.4. The summed E-state index contributed by atoms with van der Waals surface area (Å²) in [4.78, 5) is 22.8. The van der Waals surface area contributed by atoms with Crippen LogP contribution in [0.1, 0.15) is 32.3 Å². The number of benzene rings is 1. The molecule has 0 aliphatic carbocycles. The smallest absolute Gasteiger partial charge is 0.297 e. The summed E-state index contributed by atoms with van der Waals surface area (Å²) in [5.74, 6) is -1.27. The molecule has 0 fully saturated rings. The van der Waals surface area contributed by atoms with Crippen LogP contribution in [-0.2, 0) is 4.79 Å². The molecule has 1 atom stereocenters. The predicted octanol–water partition coefficient (Wildman–Crippen LogP) is 2.82. The first-order valence-electron chi connectivity index (χ1n) is 6.11. The van der Waals surface area contributed by atoms with Gasteiger partial charge in [-0.15, -0.1) is 0 Å². The third kappa shape index (κ3) is 2.60. The van der Waals surface area contributed by atoms with Gasteiger partial charge < -0.3 is 0 Å². The number of ketones is 1. The summed E-state index contributed by atoms with van der Waals surface area (Å²) in [5, 5.41) is 20.3. The number of hydrogen-bond donors (Lipinski definition) is 0. The lowest BCUT2D eigenvalue weighted by Crippen LogP contribution is -2.26. The zero-order chi connectivity index (χ0) is 15.8. The molecule has 1 heterocycles. The zero-order valence-corrected chi connectivity index (χ0v) is 12.5. The number of nitro benzene ring substituents is 1. The molecule has 0 bridgehead atoms. The van der Waals surface area contributed by atoms with Crippen molar-refractivity contribution in [1.82, 2.24) is 8.75 Å². The average molecular weight is 304 g/mol. The second-order valence-corrected chi connectivity index (χ2v) is 6.10. The van der Waals surface area contributed by atoms with Crippen LogP contribution in [0.5, 0.6) is 0 Å². The van der Waals surface area contributed by atoms with Crippen LogP contribution in [0.15, 0.2) is 12.1 Å². The first-order chi connectivity index (χ1) is 9.77. The Balaban J connectivity index is 2.65. The topological polar surface area (TPSA) is 110 Å². The fourth-order valence-electron chi connectivity index (χ4n) is 1.96. The molecule has 8 heteroatoms. The lowest BCUT2D eigenvalue weighted by Gasteiger charge is -2.20. The summed E-state index contributed by atoms with van der Waals surface area (Å²) in [6.45, 7) is 5.17. The summed E-state index contributed by atoms with van der Waals surface area (Å²) < 4.78 is 7.92. The van der Waals surface area contributed by atoms with Crippen molar-refractivity contribution in [3.05, 3.63) is 27.8 Å². The highest BCUT2D eigenvalue weighted by Gasteiger charge is 2.33. The molecule has 0 radical (unpaired) electrons. The number of hydrogen-bond acceptors (Lipinski definition) is 7. The van der Waals surface area contributed by atoms with Gasteiger partial charge in [0.25, 0.3) is 5.69 Å². The zero-order valence-electron chi connectivity index (χ0n) is 11.7. The Kier molecular flexibility index (Phi) is 3.70. The van der Waals surface area contributed by atoms with Crippen LogP contribution in [0.3, 0.4) is 0 Å². The number of nitro groups is 1. The van der Waals surface area contributed by atoms with Gasteiger partial charge >= 0.3 is 0 Å². The monoisotopic (exact) mass is 304 g/mol. The highest BCUT2D eigenvalue weighted by molar-refractivity contribution is 7.00. The molecule has 108 valence electrons. The van der Waals surface area contributed by atoms with E-state index in [1.165, 1.54) is 12.1 Å². The van der Waals surface area contributed by atoms with Crippen molar-refractivity contribution in [2.75, 3.05) is 0 Å². The van der Waals surface area contributed by atoms with Gasteiger partial charge in [-0.2, -0.15) is 14.0 Å². The van der Waals surface area contributed by atoms with Gasteiger partial charge in [0, 0.05) is 17.0 Å². The summed E-state index contributed by atoms with van der Waals surface area (Å²) in [6.07, 6.45) is 0. The Labute approximate surface area is 124 Å². The second kappa shape index (κ2) is 5.18. The minimum absolute atomic E-state index is 0.115. The molecule has 1 unspecified atom stereocenters. The Bertz CT molecular complexity index is 770. The third-order valence-electron chi connectivity index (χ3n) is 3.06. The van der Waals surface area contributed by atoms with Gasteiger partial charge in [0.15, 0.2) is 11.3 Å². The van der Waals surface area contributed by atoms with Crippen LogP contribution in [0.4, 0.5) is 5.69 Å². The molecular weight excluding hydrogens is 292 g/mol. The van der Waals surface area contributed by atoms with Crippen LogP contribution >= 0.6 is 11.7 Å². The van der Waals surface area contributed by atoms with Gasteiger partial charge in [0.05, 0.1) is 22.7 Å². The minimum atomic E-state index is -1.02. The van der Waals surface area contributed by atoms with E-state index in [9.17, 15) is 20.2 Å². The van der Waals surface area contributed by atoms with Gasteiger partial charge in [-0.1, -0.05) is 20.8 Å². The third-order valence-corrected chi connectivity index (χ3v) is 3.59. The highest BCUT2D eigenvalue weighted by atomic mass is 32.1. The van der Waals surface area contributed by atoms with Crippen molar-refractivity contribution in [3.63, 3.8) is 0 Å². The molecule has 1 aromatic heterocycles. The van der Waals surface area contributed by atoms with Gasteiger partial charge in [0.1, 0.15) is 11.4 Å².